The molecule has 0 atom stereocenters. The van der Waals surface area contributed by atoms with Gasteiger partial charge in [-0.25, -0.2) is 9.97 Å². The highest BCUT2D eigenvalue weighted by molar-refractivity contribution is 6.16. The summed E-state index contributed by atoms with van der Waals surface area (Å²) in [7, 11) is 0. The molecule has 0 spiro atoms. The summed E-state index contributed by atoms with van der Waals surface area (Å²) in [5, 5.41) is 7.99. The number of aromatic nitrogens is 2. The molecule has 0 aliphatic heterocycles. The van der Waals surface area contributed by atoms with Gasteiger partial charge in [0.2, 0.25) is 0 Å². The SMILES string of the molecule is c1ccc(-c2cccc(-c3nc(-c4cc(-c5ccc(-c6ccc7ccccc7c6)cc5)c5c(c4)oc4cc6ccccc6cc45)nc4ccccc34)c2)cc1. The van der Waals surface area contributed by atoms with Gasteiger partial charge in [-0.3, -0.25) is 0 Å². The lowest BCUT2D eigenvalue weighted by atomic mass is 9.94. The fourth-order valence-electron chi connectivity index (χ4n) is 8.06. The molecular formula is C52H32N2O. The highest BCUT2D eigenvalue weighted by Crippen LogP contribution is 2.42. The van der Waals surface area contributed by atoms with Gasteiger partial charge in [0.05, 0.1) is 11.2 Å². The third kappa shape index (κ3) is 5.45. The van der Waals surface area contributed by atoms with Crippen molar-refractivity contribution in [2.45, 2.75) is 0 Å². The molecule has 0 radical (unpaired) electrons. The molecule has 0 bridgehead atoms. The monoisotopic (exact) mass is 700 g/mol. The molecule has 2 heterocycles. The molecule has 2 aromatic heterocycles. The van der Waals surface area contributed by atoms with Gasteiger partial charge in [0.25, 0.3) is 0 Å². The molecule has 256 valence electrons. The smallest absolute Gasteiger partial charge is 0.160 e. The van der Waals surface area contributed by atoms with Crippen LogP contribution in [-0.2, 0) is 0 Å². The molecular weight excluding hydrogens is 669 g/mol. The number of para-hydroxylation sites is 1. The van der Waals surface area contributed by atoms with Crippen LogP contribution >= 0.6 is 0 Å². The number of nitrogens with zero attached hydrogens (tertiary/aromatic N) is 2. The quantitative estimate of drug-likeness (QED) is 0.179. The molecule has 11 aromatic rings. The van der Waals surface area contributed by atoms with E-state index in [2.05, 4.69) is 182 Å². The van der Waals surface area contributed by atoms with Crippen LogP contribution in [0.1, 0.15) is 0 Å². The van der Waals surface area contributed by atoms with Crippen LogP contribution in [0.5, 0.6) is 0 Å². The average molecular weight is 701 g/mol. The lowest BCUT2D eigenvalue weighted by Gasteiger charge is -2.13. The Morgan fingerprint density at radius 2 is 0.945 bits per heavy atom. The summed E-state index contributed by atoms with van der Waals surface area (Å²) in [5.41, 5.74) is 12.3. The van der Waals surface area contributed by atoms with Crippen molar-refractivity contribution in [2.75, 3.05) is 0 Å². The Kier molecular flexibility index (Phi) is 7.17. The first-order valence-electron chi connectivity index (χ1n) is 18.6. The zero-order valence-corrected chi connectivity index (χ0v) is 29.8. The zero-order chi connectivity index (χ0) is 36.3. The largest absolute Gasteiger partial charge is 0.456 e. The van der Waals surface area contributed by atoms with Crippen LogP contribution in [0.25, 0.3) is 110 Å². The molecule has 3 nitrogen and oxygen atoms in total. The highest BCUT2D eigenvalue weighted by Gasteiger charge is 2.19. The van der Waals surface area contributed by atoms with Crippen LogP contribution in [0.2, 0.25) is 0 Å². The summed E-state index contributed by atoms with van der Waals surface area (Å²) in [6.45, 7) is 0. The Labute approximate surface area is 317 Å². The second kappa shape index (κ2) is 12.6. The van der Waals surface area contributed by atoms with E-state index in [0.29, 0.717) is 5.82 Å². The molecule has 0 unspecified atom stereocenters. The Morgan fingerprint density at radius 3 is 1.78 bits per heavy atom. The van der Waals surface area contributed by atoms with Gasteiger partial charge in [-0.15, -0.1) is 0 Å². The fraction of sp³-hybridized carbons (Fsp3) is 0. The minimum absolute atomic E-state index is 0.653. The Hall–Kier alpha value is -7.36. The molecule has 9 aromatic carbocycles. The van der Waals surface area contributed by atoms with Crippen molar-refractivity contribution >= 4 is 54.4 Å². The van der Waals surface area contributed by atoms with Crippen molar-refractivity contribution in [1.29, 1.82) is 0 Å². The van der Waals surface area contributed by atoms with E-state index in [0.717, 1.165) is 71.7 Å². The average Bonchev–Trinajstić information content (AvgIpc) is 3.62. The normalized spacial score (nSPS) is 11.6. The number of fused-ring (bicyclic) bond motifs is 6. The van der Waals surface area contributed by atoms with Crippen LogP contribution in [0.3, 0.4) is 0 Å². The summed E-state index contributed by atoms with van der Waals surface area (Å²) < 4.78 is 6.73. The van der Waals surface area contributed by atoms with Gasteiger partial charge in [0.15, 0.2) is 5.82 Å². The first-order valence-corrected chi connectivity index (χ1v) is 18.6. The van der Waals surface area contributed by atoms with Gasteiger partial charge < -0.3 is 4.42 Å². The Morgan fingerprint density at radius 1 is 0.327 bits per heavy atom. The number of benzene rings is 9. The standard InChI is InChI=1S/C52H32N2O/c1-2-11-33(12-3-1)38-17-10-18-42(28-38)51-44-19-8-9-20-47(44)53-52(54-51)43-30-45(50-46-29-39-15-6-7-16-40(39)31-48(46)55-49(50)32-43)36-24-21-35(22-25-36)41-26-23-34-13-4-5-14-37(34)27-41/h1-32H. The third-order valence-corrected chi connectivity index (χ3v) is 10.8. The van der Waals surface area contributed by atoms with E-state index in [-0.39, 0.29) is 0 Å². The summed E-state index contributed by atoms with van der Waals surface area (Å²) in [4.78, 5) is 10.5. The summed E-state index contributed by atoms with van der Waals surface area (Å²) in [5.74, 6) is 0.653. The van der Waals surface area contributed by atoms with Crippen LogP contribution in [0.15, 0.2) is 199 Å². The number of hydrogen-bond donors (Lipinski definition) is 0. The summed E-state index contributed by atoms with van der Waals surface area (Å²) in [6, 6.07) is 68.7. The van der Waals surface area contributed by atoms with E-state index in [4.69, 9.17) is 14.4 Å². The lowest BCUT2D eigenvalue weighted by molar-refractivity contribution is 0.669. The Bertz CT molecular complexity index is 3250. The summed E-state index contributed by atoms with van der Waals surface area (Å²) >= 11 is 0. The first-order chi connectivity index (χ1) is 27.2. The van der Waals surface area contributed by atoms with E-state index < -0.39 is 0 Å². The second-order valence-electron chi connectivity index (χ2n) is 14.2. The van der Waals surface area contributed by atoms with E-state index in [9.17, 15) is 0 Å². The highest BCUT2D eigenvalue weighted by atomic mass is 16.3. The van der Waals surface area contributed by atoms with Crippen molar-refractivity contribution in [3.05, 3.63) is 194 Å². The maximum Gasteiger partial charge on any atom is 0.160 e. The molecule has 0 aliphatic rings. The van der Waals surface area contributed by atoms with Crippen molar-refractivity contribution in [1.82, 2.24) is 9.97 Å². The summed E-state index contributed by atoms with van der Waals surface area (Å²) in [6.07, 6.45) is 0. The van der Waals surface area contributed by atoms with Gasteiger partial charge in [-0.2, -0.15) is 0 Å². The molecule has 0 saturated carbocycles. The van der Waals surface area contributed by atoms with Crippen LogP contribution in [0, 0.1) is 0 Å². The van der Waals surface area contributed by atoms with E-state index in [1.165, 1.54) is 32.8 Å². The van der Waals surface area contributed by atoms with Gasteiger partial charge >= 0.3 is 0 Å². The van der Waals surface area contributed by atoms with Crippen LogP contribution in [0.4, 0.5) is 0 Å². The van der Waals surface area contributed by atoms with Crippen molar-refractivity contribution in [3.8, 4) is 56.0 Å². The third-order valence-electron chi connectivity index (χ3n) is 10.8. The van der Waals surface area contributed by atoms with Crippen molar-refractivity contribution < 1.29 is 4.42 Å². The minimum atomic E-state index is 0.653. The van der Waals surface area contributed by atoms with Gasteiger partial charge in [-0.05, 0) is 97.4 Å². The van der Waals surface area contributed by atoms with Crippen molar-refractivity contribution in [2.24, 2.45) is 0 Å². The van der Waals surface area contributed by atoms with Gasteiger partial charge in [0.1, 0.15) is 11.2 Å². The lowest BCUT2D eigenvalue weighted by Crippen LogP contribution is -1.96. The van der Waals surface area contributed by atoms with Crippen LogP contribution < -0.4 is 0 Å². The first kappa shape index (κ1) is 31.2. The molecule has 0 N–H and O–H groups in total. The second-order valence-corrected chi connectivity index (χ2v) is 14.2. The predicted molar refractivity (Wildman–Crippen MR) is 229 cm³/mol. The molecule has 3 heteroatoms. The van der Waals surface area contributed by atoms with Gasteiger partial charge in [-0.1, -0.05) is 152 Å². The number of rotatable bonds is 5. The molecule has 0 saturated heterocycles. The van der Waals surface area contributed by atoms with E-state index in [1.807, 2.05) is 12.1 Å². The molecule has 0 aliphatic carbocycles. The molecule has 55 heavy (non-hydrogen) atoms. The van der Waals surface area contributed by atoms with Crippen LogP contribution in [-0.4, -0.2) is 9.97 Å². The zero-order valence-electron chi connectivity index (χ0n) is 29.8. The van der Waals surface area contributed by atoms with E-state index in [1.54, 1.807) is 0 Å². The maximum atomic E-state index is 6.73. The predicted octanol–water partition coefficient (Wildman–Crippen LogP) is 14.2. The minimum Gasteiger partial charge on any atom is -0.456 e. The number of furan rings is 1. The van der Waals surface area contributed by atoms with E-state index >= 15 is 0 Å². The molecule has 0 amide bonds. The number of hydrogen-bond acceptors (Lipinski definition) is 3. The molecule has 0 fully saturated rings. The topological polar surface area (TPSA) is 38.9 Å². The van der Waals surface area contributed by atoms with Crippen molar-refractivity contribution in [3.63, 3.8) is 0 Å². The Balaban J connectivity index is 1.11. The maximum absolute atomic E-state index is 6.73. The fourth-order valence-corrected chi connectivity index (χ4v) is 8.06. The van der Waals surface area contributed by atoms with Gasteiger partial charge in [0, 0.05) is 27.3 Å². The molecule has 11 rings (SSSR count).